The molecule has 2 atom stereocenters. The first kappa shape index (κ1) is 14.3. The summed E-state index contributed by atoms with van der Waals surface area (Å²) >= 11 is 5.69. The van der Waals surface area contributed by atoms with E-state index in [0.717, 1.165) is 25.9 Å². The summed E-state index contributed by atoms with van der Waals surface area (Å²) in [6.45, 7) is 0.886. The van der Waals surface area contributed by atoms with Crippen LogP contribution in [0, 0.1) is 0 Å². The van der Waals surface area contributed by atoms with Gasteiger partial charge < -0.3 is 14.8 Å². The highest BCUT2D eigenvalue weighted by molar-refractivity contribution is 6.30. The number of alkyl halides is 1. The van der Waals surface area contributed by atoms with Crippen molar-refractivity contribution in [2.45, 2.75) is 37.2 Å². The molecule has 17 heavy (non-hydrogen) atoms. The second-order valence-corrected chi connectivity index (χ2v) is 4.50. The lowest BCUT2D eigenvalue weighted by atomic mass is 10.1. The maximum absolute atomic E-state index is 11.4. The van der Waals surface area contributed by atoms with Gasteiger partial charge in [0.2, 0.25) is 5.91 Å². The second kappa shape index (κ2) is 7.50. The summed E-state index contributed by atoms with van der Waals surface area (Å²) in [6, 6.07) is 0. The van der Waals surface area contributed by atoms with Gasteiger partial charge in [-0.15, -0.1) is 11.6 Å². The molecule has 1 saturated heterocycles. The molecule has 2 unspecified atom stereocenters. The fourth-order valence-electron chi connectivity index (χ4n) is 1.67. The average molecular weight is 264 g/mol. The molecule has 6 heteroatoms. The van der Waals surface area contributed by atoms with Crippen LogP contribution >= 0.6 is 11.6 Å². The fraction of sp³-hybridized carbons (Fsp3) is 0.818. The van der Waals surface area contributed by atoms with Crippen molar-refractivity contribution in [3.05, 3.63) is 0 Å². The van der Waals surface area contributed by atoms with Crippen molar-refractivity contribution in [2.24, 2.45) is 0 Å². The van der Waals surface area contributed by atoms with Crippen LogP contribution in [0.2, 0.25) is 0 Å². The lowest BCUT2D eigenvalue weighted by Gasteiger charge is -2.11. The SMILES string of the molecule is COC(=O)C(Cl)CNC(=O)CCC1CCCO1. The number of methoxy groups -OCH3 is 1. The first-order chi connectivity index (χ1) is 8.13. The van der Waals surface area contributed by atoms with Crippen molar-refractivity contribution >= 4 is 23.5 Å². The predicted molar refractivity (Wildman–Crippen MR) is 62.9 cm³/mol. The number of halogens is 1. The zero-order valence-electron chi connectivity index (χ0n) is 9.91. The minimum Gasteiger partial charge on any atom is -0.468 e. The quantitative estimate of drug-likeness (QED) is 0.570. The Bertz CT molecular complexity index is 266. The number of nitrogens with one attached hydrogen (secondary N) is 1. The Kier molecular flexibility index (Phi) is 6.29. The zero-order valence-corrected chi connectivity index (χ0v) is 10.7. The molecule has 98 valence electrons. The molecule has 1 fully saturated rings. The summed E-state index contributed by atoms with van der Waals surface area (Å²) in [7, 11) is 1.26. The number of esters is 1. The largest absolute Gasteiger partial charge is 0.468 e. The molecule has 0 aromatic rings. The van der Waals surface area contributed by atoms with Gasteiger partial charge in [0.05, 0.1) is 13.2 Å². The number of hydrogen-bond acceptors (Lipinski definition) is 4. The van der Waals surface area contributed by atoms with Crippen molar-refractivity contribution in [1.29, 1.82) is 0 Å². The summed E-state index contributed by atoms with van der Waals surface area (Å²) in [5.41, 5.74) is 0. The lowest BCUT2D eigenvalue weighted by Crippen LogP contribution is -2.34. The van der Waals surface area contributed by atoms with Crippen LogP contribution in [-0.2, 0) is 19.1 Å². The van der Waals surface area contributed by atoms with E-state index < -0.39 is 11.3 Å². The molecule has 1 heterocycles. The molecule has 1 rings (SSSR count). The van der Waals surface area contributed by atoms with Crippen LogP contribution < -0.4 is 5.32 Å². The molecule has 1 aliphatic rings. The molecule has 0 aromatic heterocycles. The Morgan fingerprint density at radius 3 is 2.94 bits per heavy atom. The van der Waals surface area contributed by atoms with E-state index in [2.05, 4.69) is 10.1 Å². The van der Waals surface area contributed by atoms with Gasteiger partial charge in [-0.3, -0.25) is 9.59 Å². The molecule has 5 nitrogen and oxygen atoms in total. The summed E-state index contributed by atoms with van der Waals surface area (Å²) in [4.78, 5) is 22.4. The summed E-state index contributed by atoms with van der Waals surface area (Å²) < 4.78 is 9.85. The predicted octanol–water partition coefficient (Wildman–Crippen LogP) is 0.842. The molecular weight excluding hydrogens is 246 g/mol. The zero-order chi connectivity index (χ0) is 12.7. The smallest absolute Gasteiger partial charge is 0.325 e. The summed E-state index contributed by atoms with van der Waals surface area (Å²) in [5.74, 6) is -0.652. The van der Waals surface area contributed by atoms with E-state index in [1.165, 1.54) is 7.11 Å². The third kappa shape index (κ3) is 5.37. The van der Waals surface area contributed by atoms with Crippen LogP contribution in [0.25, 0.3) is 0 Å². The second-order valence-electron chi connectivity index (χ2n) is 3.97. The Morgan fingerprint density at radius 1 is 1.59 bits per heavy atom. The van der Waals surface area contributed by atoms with Gasteiger partial charge in [0.1, 0.15) is 5.38 Å². The molecule has 0 bridgehead atoms. The molecule has 0 spiro atoms. The number of carbonyl (C=O) groups excluding carboxylic acids is 2. The maximum atomic E-state index is 11.4. The van der Waals surface area contributed by atoms with Crippen molar-refractivity contribution in [1.82, 2.24) is 5.32 Å². The molecule has 1 amide bonds. The van der Waals surface area contributed by atoms with E-state index in [4.69, 9.17) is 16.3 Å². The highest BCUT2D eigenvalue weighted by Gasteiger charge is 2.19. The Morgan fingerprint density at radius 2 is 2.35 bits per heavy atom. The van der Waals surface area contributed by atoms with E-state index in [0.29, 0.717) is 6.42 Å². The Balaban J connectivity index is 2.10. The molecule has 0 aromatic carbocycles. The van der Waals surface area contributed by atoms with Crippen LogP contribution in [0.15, 0.2) is 0 Å². The first-order valence-electron chi connectivity index (χ1n) is 5.73. The minimum absolute atomic E-state index is 0.0958. The van der Waals surface area contributed by atoms with E-state index in [1.807, 2.05) is 0 Å². The van der Waals surface area contributed by atoms with Gasteiger partial charge in [0.25, 0.3) is 0 Å². The third-order valence-electron chi connectivity index (χ3n) is 2.65. The summed E-state index contributed by atoms with van der Waals surface area (Å²) in [6.07, 6.45) is 3.41. The van der Waals surface area contributed by atoms with E-state index in [1.54, 1.807) is 0 Å². The molecule has 0 radical (unpaired) electrons. The van der Waals surface area contributed by atoms with Gasteiger partial charge in [-0.05, 0) is 19.3 Å². The number of ether oxygens (including phenoxy) is 2. The van der Waals surface area contributed by atoms with Crippen LogP contribution in [-0.4, -0.2) is 43.6 Å². The topological polar surface area (TPSA) is 64.6 Å². The molecular formula is C11H18ClNO4. The minimum atomic E-state index is -0.827. The highest BCUT2D eigenvalue weighted by atomic mass is 35.5. The monoisotopic (exact) mass is 263 g/mol. The van der Waals surface area contributed by atoms with Gasteiger partial charge in [0.15, 0.2) is 0 Å². The number of rotatable bonds is 6. The molecule has 0 aliphatic carbocycles. The molecule has 1 aliphatic heterocycles. The van der Waals surface area contributed by atoms with Gasteiger partial charge >= 0.3 is 5.97 Å². The average Bonchev–Trinajstić information content (AvgIpc) is 2.85. The van der Waals surface area contributed by atoms with Crippen molar-refractivity contribution in [3.8, 4) is 0 Å². The Hall–Kier alpha value is -0.810. The number of hydrogen-bond donors (Lipinski definition) is 1. The van der Waals surface area contributed by atoms with E-state index in [9.17, 15) is 9.59 Å². The van der Waals surface area contributed by atoms with Crippen LogP contribution in [0.4, 0.5) is 0 Å². The van der Waals surface area contributed by atoms with Gasteiger partial charge in [-0.1, -0.05) is 0 Å². The van der Waals surface area contributed by atoms with Gasteiger partial charge in [-0.25, -0.2) is 0 Å². The number of amides is 1. The maximum Gasteiger partial charge on any atom is 0.325 e. The van der Waals surface area contributed by atoms with Crippen LogP contribution in [0.1, 0.15) is 25.7 Å². The normalized spacial score (nSPS) is 20.9. The van der Waals surface area contributed by atoms with Crippen molar-refractivity contribution in [2.75, 3.05) is 20.3 Å². The molecule has 0 saturated carbocycles. The molecule has 1 N–H and O–H groups in total. The van der Waals surface area contributed by atoms with Gasteiger partial charge in [-0.2, -0.15) is 0 Å². The Labute approximate surface area is 106 Å². The summed E-state index contributed by atoms with van der Waals surface area (Å²) in [5, 5.41) is 1.77. The van der Waals surface area contributed by atoms with Crippen LogP contribution in [0.3, 0.4) is 0 Å². The lowest BCUT2D eigenvalue weighted by molar-refractivity contribution is -0.140. The van der Waals surface area contributed by atoms with Crippen molar-refractivity contribution < 1.29 is 19.1 Å². The van der Waals surface area contributed by atoms with Crippen molar-refractivity contribution in [3.63, 3.8) is 0 Å². The third-order valence-corrected chi connectivity index (χ3v) is 2.99. The van der Waals surface area contributed by atoms with E-state index >= 15 is 0 Å². The highest BCUT2D eigenvalue weighted by Crippen LogP contribution is 2.16. The van der Waals surface area contributed by atoms with Crippen LogP contribution in [0.5, 0.6) is 0 Å². The van der Waals surface area contributed by atoms with Gasteiger partial charge in [0, 0.05) is 19.6 Å². The first-order valence-corrected chi connectivity index (χ1v) is 6.17. The number of carbonyl (C=O) groups is 2. The standard InChI is InChI=1S/C11H18ClNO4/c1-16-11(15)9(12)7-13-10(14)5-4-8-3-2-6-17-8/h8-9H,2-7H2,1H3,(H,13,14). The fourth-order valence-corrected chi connectivity index (χ4v) is 1.83. The van der Waals surface area contributed by atoms with E-state index in [-0.39, 0.29) is 18.6 Å².